The van der Waals surface area contributed by atoms with Gasteiger partial charge in [-0.25, -0.2) is 0 Å². The zero-order chi connectivity index (χ0) is 16.6. The van der Waals surface area contributed by atoms with E-state index in [2.05, 4.69) is 86.6 Å². The molecule has 1 heteroatoms. The molecule has 0 fully saturated rings. The first-order valence-corrected chi connectivity index (χ1v) is 9.57. The Hall–Kier alpha value is -1.99. The standard InChI is InChI=1S/C23H22S/c1-3-23(4-2)21-13-9-8-12-19(21)20-15-14-18(16-22(20)23)24-17-10-6-5-7-11-17/h5-16H,3-4H2,1-2H3. The number of hydrogen-bond donors (Lipinski definition) is 0. The Bertz CT molecular complexity index is 860. The van der Waals surface area contributed by atoms with Gasteiger partial charge in [0.15, 0.2) is 0 Å². The van der Waals surface area contributed by atoms with Crippen LogP contribution < -0.4 is 0 Å². The zero-order valence-electron chi connectivity index (χ0n) is 14.3. The summed E-state index contributed by atoms with van der Waals surface area (Å²) in [6.07, 6.45) is 2.29. The van der Waals surface area contributed by atoms with Crippen LogP contribution in [0, 0.1) is 0 Å². The lowest BCUT2D eigenvalue weighted by molar-refractivity contribution is 0.489. The molecule has 3 aromatic carbocycles. The lowest BCUT2D eigenvalue weighted by atomic mass is 9.74. The third-order valence-electron chi connectivity index (χ3n) is 5.43. The SMILES string of the molecule is CCC1(CC)c2ccccc2-c2ccc(Sc3ccccc3)cc21. The van der Waals surface area contributed by atoms with Crippen molar-refractivity contribution in [2.24, 2.45) is 0 Å². The van der Waals surface area contributed by atoms with Gasteiger partial charge in [-0.1, -0.05) is 74.1 Å². The van der Waals surface area contributed by atoms with Crippen LogP contribution in [0.2, 0.25) is 0 Å². The summed E-state index contributed by atoms with van der Waals surface area (Å²) >= 11 is 1.85. The molecule has 0 heterocycles. The van der Waals surface area contributed by atoms with Crippen LogP contribution in [-0.4, -0.2) is 0 Å². The molecule has 0 aromatic heterocycles. The first-order valence-electron chi connectivity index (χ1n) is 8.76. The highest BCUT2D eigenvalue weighted by molar-refractivity contribution is 7.99. The van der Waals surface area contributed by atoms with Crippen molar-refractivity contribution in [3.63, 3.8) is 0 Å². The molecule has 24 heavy (non-hydrogen) atoms. The molecular weight excluding hydrogens is 308 g/mol. The highest BCUT2D eigenvalue weighted by Gasteiger charge is 2.40. The van der Waals surface area contributed by atoms with Gasteiger partial charge in [0.2, 0.25) is 0 Å². The zero-order valence-corrected chi connectivity index (χ0v) is 15.1. The van der Waals surface area contributed by atoms with Crippen molar-refractivity contribution in [1.82, 2.24) is 0 Å². The summed E-state index contributed by atoms with van der Waals surface area (Å²) in [7, 11) is 0. The predicted molar refractivity (Wildman–Crippen MR) is 104 cm³/mol. The molecule has 0 atom stereocenters. The predicted octanol–water partition coefficient (Wildman–Crippen LogP) is 6.92. The van der Waals surface area contributed by atoms with Crippen LogP contribution in [0.5, 0.6) is 0 Å². The first-order chi connectivity index (χ1) is 11.8. The normalized spacial score (nSPS) is 14.2. The topological polar surface area (TPSA) is 0 Å². The van der Waals surface area contributed by atoms with Gasteiger partial charge in [0.05, 0.1) is 0 Å². The van der Waals surface area contributed by atoms with Crippen molar-refractivity contribution in [1.29, 1.82) is 0 Å². The summed E-state index contributed by atoms with van der Waals surface area (Å²) in [6, 6.07) is 26.6. The second-order valence-corrected chi connectivity index (χ2v) is 7.60. The molecule has 4 rings (SSSR count). The van der Waals surface area contributed by atoms with Crippen molar-refractivity contribution in [2.45, 2.75) is 41.9 Å². The summed E-state index contributed by atoms with van der Waals surface area (Å²) in [5, 5.41) is 0. The van der Waals surface area contributed by atoms with Crippen LogP contribution >= 0.6 is 11.8 Å². The van der Waals surface area contributed by atoms with Crippen molar-refractivity contribution in [2.75, 3.05) is 0 Å². The van der Waals surface area contributed by atoms with Crippen LogP contribution in [0.15, 0.2) is 82.6 Å². The van der Waals surface area contributed by atoms with Crippen molar-refractivity contribution >= 4 is 11.8 Å². The minimum atomic E-state index is 0.166. The smallest absolute Gasteiger partial charge is 0.0210 e. The van der Waals surface area contributed by atoms with E-state index >= 15 is 0 Å². The van der Waals surface area contributed by atoms with E-state index in [1.165, 1.54) is 32.0 Å². The molecule has 0 nitrogen and oxygen atoms in total. The molecule has 1 aliphatic rings. The van der Waals surface area contributed by atoms with Crippen LogP contribution in [0.4, 0.5) is 0 Å². The Morgan fingerprint density at radius 3 is 2.08 bits per heavy atom. The van der Waals surface area contributed by atoms with Crippen molar-refractivity contribution in [3.05, 3.63) is 83.9 Å². The fourth-order valence-corrected chi connectivity index (χ4v) is 5.01. The van der Waals surface area contributed by atoms with Gasteiger partial charge in [-0.3, -0.25) is 0 Å². The molecule has 0 saturated heterocycles. The molecule has 3 aromatic rings. The van der Waals surface area contributed by atoms with Crippen LogP contribution in [0.1, 0.15) is 37.8 Å². The second-order valence-electron chi connectivity index (χ2n) is 6.46. The lowest BCUT2D eigenvalue weighted by Gasteiger charge is -2.29. The number of benzene rings is 3. The first kappa shape index (κ1) is 15.5. The maximum atomic E-state index is 2.43. The van der Waals surface area contributed by atoms with Gasteiger partial charge in [0.25, 0.3) is 0 Å². The third-order valence-corrected chi connectivity index (χ3v) is 6.42. The Kier molecular flexibility index (Phi) is 3.97. The van der Waals surface area contributed by atoms with E-state index in [1.807, 2.05) is 11.8 Å². The Morgan fingerprint density at radius 1 is 0.667 bits per heavy atom. The average Bonchev–Trinajstić information content (AvgIpc) is 2.92. The van der Waals surface area contributed by atoms with E-state index in [1.54, 1.807) is 0 Å². The molecule has 0 spiro atoms. The van der Waals surface area contributed by atoms with E-state index in [-0.39, 0.29) is 5.41 Å². The molecule has 0 radical (unpaired) electrons. The Balaban J connectivity index is 1.83. The Labute approximate surface area is 148 Å². The van der Waals surface area contributed by atoms with E-state index in [4.69, 9.17) is 0 Å². The van der Waals surface area contributed by atoms with Gasteiger partial charge in [0, 0.05) is 15.2 Å². The summed E-state index contributed by atoms with van der Waals surface area (Å²) in [6.45, 7) is 4.65. The van der Waals surface area contributed by atoms with E-state index in [0.717, 1.165) is 12.8 Å². The molecule has 0 N–H and O–H groups in total. The van der Waals surface area contributed by atoms with E-state index in [9.17, 15) is 0 Å². The number of hydrogen-bond acceptors (Lipinski definition) is 1. The molecule has 0 amide bonds. The highest BCUT2D eigenvalue weighted by Crippen LogP contribution is 2.53. The third kappa shape index (κ3) is 2.31. The fourth-order valence-electron chi connectivity index (χ4n) is 4.13. The average molecular weight is 330 g/mol. The minimum Gasteiger partial charge on any atom is -0.0901 e. The molecule has 0 aliphatic heterocycles. The monoisotopic (exact) mass is 330 g/mol. The van der Waals surface area contributed by atoms with Gasteiger partial charge in [-0.15, -0.1) is 0 Å². The lowest BCUT2D eigenvalue weighted by Crippen LogP contribution is -2.23. The van der Waals surface area contributed by atoms with Crippen LogP contribution in [0.3, 0.4) is 0 Å². The molecule has 0 saturated carbocycles. The van der Waals surface area contributed by atoms with E-state index < -0.39 is 0 Å². The molecule has 0 unspecified atom stereocenters. The quantitative estimate of drug-likeness (QED) is 0.500. The van der Waals surface area contributed by atoms with Crippen LogP contribution in [-0.2, 0) is 5.41 Å². The number of rotatable bonds is 4. The Morgan fingerprint density at radius 2 is 1.33 bits per heavy atom. The van der Waals surface area contributed by atoms with Gasteiger partial charge < -0.3 is 0 Å². The van der Waals surface area contributed by atoms with Gasteiger partial charge >= 0.3 is 0 Å². The minimum absolute atomic E-state index is 0.166. The summed E-state index contributed by atoms with van der Waals surface area (Å²) in [5.74, 6) is 0. The maximum Gasteiger partial charge on any atom is 0.0210 e. The largest absolute Gasteiger partial charge is 0.0901 e. The van der Waals surface area contributed by atoms with Gasteiger partial charge in [-0.2, -0.15) is 0 Å². The summed E-state index contributed by atoms with van der Waals surface area (Å²) in [5.41, 5.74) is 6.03. The molecule has 1 aliphatic carbocycles. The molecule has 120 valence electrons. The number of fused-ring (bicyclic) bond motifs is 3. The fraction of sp³-hybridized carbons (Fsp3) is 0.217. The molecular formula is C23H22S. The summed E-state index contributed by atoms with van der Waals surface area (Å²) in [4.78, 5) is 2.63. The highest BCUT2D eigenvalue weighted by atomic mass is 32.2. The van der Waals surface area contributed by atoms with Gasteiger partial charge in [0.1, 0.15) is 0 Å². The van der Waals surface area contributed by atoms with E-state index in [0.29, 0.717) is 0 Å². The van der Waals surface area contributed by atoms with Crippen molar-refractivity contribution < 1.29 is 0 Å². The second kappa shape index (κ2) is 6.14. The van der Waals surface area contributed by atoms with Crippen molar-refractivity contribution in [3.8, 4) is 11.1 Å². The molecule has 0 bridgehead atoms. The summed E-state index contributed by atoms with van der Waals surface area (Å²) < 4.78 is 0. The maximum absolute atomic E-state index is 2.43. The van der Waals surface area contributed by atoms with Gasteiger partial charge in [-0.05, 0) is 59.4 Å². The van der Waals surface area contributed by atoms with Crippen LogP contribution in [0.25, 0.3) is 11.1 Å².